The molecule has 21 heavy (non-hydrogen) atoms. The van der Waals surface area contributed by atoms with Crippen LogP contribution in [0.1, 0.15) is 34.9 Å². The van der Waals surface area contributed by atoms with Gasteiger partial charge in [0.05, 0.1) is 24.3 Å². The van der Waals surface area contributed by atoms with Gasteiger partial charge in [0.25, 0.3) is 0 Å². The largest absolute Gasteiger partial charge is 0.464 e. The van der Waals surface area contributed by atoms with E-state index >= 15 is 0 Å². The zero-order valence-electron chi connectivity index (χ0n) is 11.7. The van der Waals surface area contributed by atoms with Crippen molar-refractivity contribution in [2.24, 2.45) is 0 Å². The second kappa shape index (κ2) is 5.14. The number of esters is 1. The van der Waals surface area contributed by atoms with Crippen molar-refractivity contribution >= 4 is 21.5 Å². The van der Waals surface area contributed by atoms with Gasteiger partial charge in [-0.05, 0) is 25.0 Å². The number of fused-ring (bicyclic) bond motifs is 1. The Bertz CT molecular complexity index is 794. The number of sulfone groups is 1. The lowest BCUT2D eigenvalue weighted by Gasteiger charge is -2.19. The molecule has 0 aliphatic carbocycles. The fourth-order valence-electron chi connectivity index (χ4n) is 2.75. The van der Waals surface area contributed by atoms with E-state index in [-0.39, 0.29) is 17.4 Å². The third-order valence-corrected chi connectivity index (χ3v) is 5.61. The number of imidazole rings is 1. The monoisotopic (exact) mass is 308 g/mol. The van der Waals surface area contributed by atoms with Crippen molar-refractivity contribution < 1.29 is 17.9 Å². The standard InChI is InChI=1S/C14H16N2O4S/c1-20-14(17)12-5-2-6-13-15-11(8-16(12)13)10-4-3-7-21(18,19)9-10/h2,5-6,8,10H,3-4,7,9H2,1H3. The number of carbonyl (C=O) groups is 1. The lowest BCUT2D eigenvalue weighted by molar-refractivity contribution is 0.0592. The zero-order chi connectivity index (χ0) is 15.0. The number of hydrogen-bond donors (Lipinski definition) is 0. The highest BCUT2D eigenvalue weighted by Crippen LogP contribution is 2.28. The van der Waals surface area contributed by atoms with E-state index in [9.17, 15) is 13.2 Å². The summed E-state index contributed by atoms with van der Waals surface area (Å²) >= 11 is 0. The molecule has 0 radical (unpaired) electrons. The molecule has 6 nitrogen and oxygen atoms in total. The van der Waals surface area contributed by atoms with Crippen molar-refractivity contribution in [3.63, 3.8) is 0 Å². The minimum atomic E-state index is -2.99. The average Bonchev–Trinajstić information content (AvgIpc) is 2.89. The van der Waals surface area contributed by atoms with Gasteiger partial charge in [0, 0.05) is 12.1 Å². The van der Waals surface area contributed by atoms with Crippen molar-refractivity contribution in [2.45, 2.75) is 18.8 Å². The first-order chi connectivity index (χ1) is 10.00. The summed E-state index contributed by atoms with van der Waals surface area (Å²) < 4.78 is 29.9. The van der Waals surface area contributed by atoms with Gasteiger partial charge in [0.2, 0.25) is 0 Å². The van der Waals surface area contributed by atoms with E-state index in [2.05, 4.69) is 4.98 Å². The van der Waals surface area contributed by atoms with Gasteiger partial charge < -0.3 is 4.74 Å². The number of nitrogens with zero attached hydrogens (tertiary/aromatic N) is 2. The first kappa shape index (κ1) is 14.1. The van der Waals surface area contributed by atoms with E-state index in [0.29, 0.717) is 17.8 Å². The minimum absolute atomic E-state index is 0.103. The molecule has 3 rings (SSSR count). The number of ether oxygens (including phenoxy) is 1. The Kier molecular flexibility index (Phi) is 3.44. The molecule has 2 aromatic heterocycles. The Morgan fingerprint density at radius 3 is 2.95 bits per heavy atom. The van der Waals surface area contributed by atoms with E-state index in [1.807, 2.05) is 0 Å². The predicted molar refractivity (Wildman–Crippen MR) is 77.2 cm³/mol. The van der Waals surface area contributed by atoms with Crippen molar-refractivity contribution in [3.8, 4) is 0 Å². The first-order valence-corrected chi connectivity index (χ1v) is 8.59. The maximum Gasteiger partial charge on any atom is 0.355 e. The molecular formula is C14H16N2O4S. The summed E-state index contributed by atoms with van der Waals surface area (Å²) in [5.41, 5.74) is 1.72. The predicted octanol–water partition coefficient (Wildman–Crippen LogP) is 1.41. The number of aromatic nitrogens is 2. The molecule has 112 valence electrons. The van der Waals surface area contributed by atoms with Crippen LogP contribution in [0.5, 0.6) is 0 Å². The maximum atomic E-state index is 11.8. The summed E-state index contributed by atoms with van der Waals surface area (Å²) in [5, 5.41) is 0. The van der Waals surface area contributed by atoms with Gasteiger partial charge >= 0.3 is 5.97 Å². The van der Waals surface area contributed by atoms with Gasteiger partial charge in [0.15, 0.2) is 9.84 Å². The number of pyridine rings is 1. The SMILES string of the molecule is COC(=O)c1cccc2nc(C3CCCS(=O)(=O)C3)cn12. The van der Waals surface area contributed by atoms with Gasteiger partial charge in [0.1, 0.15) is 11.3 Å². The Morgan fingerprint density at radius 1 is 1.43 bits per heavy atom. The van der Waals surface area contributed by atoms with Crippen molar-refractivity contribution in [1.29, 1.82) is 0 Å². The highest BCUT2D eigenvalue weighted by Gasteiger charge is 2.28. The maximum absolute atomic E-state index is 11.8. The fraction of sp³-hybridized carbons (Fsp3) is 0.429. The molecule has 1 fully saturated rings. The molecule has 1 aliphatic rings. The van der Waals surface area contributed by atoms with E-state index in [1.165, 1.54) is 7.11 Å². The Morgan fingerprint density at radius 2 is 2.24 bits per heavy atom. The highest BCUT2D eigenvalue weighted by atomic mass is 32.2. The van der Waals surface area contributed by atoms with Crippen LogP contribution in [0.2, 0.25) is 0 Å². The lowest BCUT2D eigenvalue weighted by Crippen LogP contribution is -2.23. The Balaban J connectivity index is 2.03. The number of methoxy groups -OCH3 is 1. The van der Waals surface area contributed by atoms with Crippen molar-refractivity contribution in [1.82, 2.24) is 9.38 Å². The third-order valence-electron chi connectivity index (χ3n) is 3.79. The second-order valence-corrected chi connectivity index (χ2v) is 7.48. The van der Waals surface area contributed by atoms with Gasteiger partial charge in [-0.2, -0.15) is 0 Å². The van der Waals surface area contributed by atoms with Crippen LogP contribution in [0.25, 0.3) is 5.65 Å². The van der Waals surface area contributed by atoms with E-state index in [0.717, 1.165) is 12.1 Å². The number of rotatable bonds is 2. The average molecular weight is 308 g/mol. The van der Waals surface area contributed by atoms with Crippen LogP contribution >= 0.6 is 0 Å². The Labute approximate surface area is 122 Å². The molecule has 0 N–H and O–H groups in total. The normalized spacial score (nSPS) is 21.3. The van der Waals surface area contributed by atoms with Crippen molar-refractivity contribution in [2.75, 3.05) is 18.6 Å². The quantitative estimate of drug-likeness (QED) is 0.784. The van der Waals surface area contributed by atoms with E-state index < -0.39 is 15.8 Å². The van der Waals surface area contributed by atoms with E-state index in [1.54, 1.807) is 28.8 Å². The van der Waals surface area contributed by atoms with Crippen LogP contribution in [-0.4, -0.2) is 42.4 Å². The fourth-order valence-corrected chi connectivity index (χ4v) is 4.48. The number of hydrogen-bond acceptors (Lipinski definition) is 5. The summed E-state index contributed by atoms with van der Waals surface area (Å²) in [5.74, 6) is -0.163. The smallest absolute Gasteiger partial charge is 0.355 e. The summed E-state index contributed by atoms with van der Waals surface area (Å²) in [6.45, 7) is 0. The molecule has 7 heteroatoms. The number of carbonyl (C=O) groups excluding carboxylic acids is 1. The van der Waals surface area contributed by atoms with Crippen LogP contribution in [-0.2, 0) is 14.6 Å². The van der Waals surface area contributed by atoms with Crippen LogP contribution in [0.4, 0.5) is 0 Å². The molecule has 1 atom stereocenters. The molecule has 0 aromatic carbocycles. The third kappa shape index (κ3) is 2.65. The van der Waals surface area contributed by atoms with Crippen molar-refractivity contribution in [3.05, 3.63) is 35.8 Å². The first-order valence-electron chi connectivity index (χ1n) is 6.77. The van der Waals surface area contributed by atoms with Gasteiger partial charge in [-0.3, -0.25) is 4.40 Å². The topological polar surface area (TPSA) is 77.7 Å². The Hall–Kier alpha value is -1.89. The minimum Gasteiger partial charge on any atom is -0.464 e. The molecule has 0 spiro atoms. The molecule has 1 aliphatic heterocycles. The summed E-state index contributed by atoms with van der Waals surface area (Å²) in [7, 11) is -1.66. The molecule has 0 saturated carbocycles. The van der Waals surface area contributed by atoms with Crippen LogP contribution in [0.15, 0.2) is 24.4 Å². The lowest BCUT2D eigenvalue weighted by atomic mass is 10.0. The van der Waals surface area contributed by atoms with E-state index in [4.69, 9.17) is 4.74 Å². The molecule has 1 unspecified atom stereocenters. The molecule has 0 amide bonds. The molecule has 1 saturated heterocycles. The molecule has 0 bridgehead atoms. The van der Waals surface area contributed by atoms with Gasteiger partial charge in [-0.15, -0.1) is 0 Å². The molecule has 3 heterocycles. The summed E-state index contributed by atoms with van der Waals surface area (Å²) in [4.78, 5) is 16.2. The second-order valence-electron chi connectivity index (χ2n) is 5.25. The molecule has 2 aromatic rings. The summed E-state index contributed by atoms with van der Waals surface area (Å²) in [6, 6.07) is 5.17. The zero-order valence-corrected chi connectivity index (χ0v) is 12.5. The highest BCUT2D eigenvalue weighted by molar-refractivity contribution is 7.91. The van der Waals surface area contributed by atoms with Crippen LogP contribution in [0.3, 0.4) is 0 Å². The van der Waals surface area contributed by atoms with Crippen LogP contribution < -0.4 is 0 Å². The van der Waals surface area contributed by atoms with Crippen LogP contribution in [0, 0.1) is 0 Å². The summed E-state index contributed by atoms with van der Waals surface area (Å²) in [6.07, 6.45) is 3.20. The molecular weight excluding hydrogens is 292 g/mol. The van der Waals surface area contributed by atoms with Gasteiger partial charge in [-0.1, -0.05) is 6.07 Å². The van der Waals surface area contributed by atoms with Gasteiger partial charge in [-0.25, -0.2) is 18.2 Å².